The van der Waals surface area contributed by atoms with Gasteiger partial charge in [0.05, 0.1) is 12.5 Å². The number of fused-ring (bicyclic) bond motifs is 1. The molecule has 1 aliphatic rings. The second-order valence-electron chi connectivity index (χ2n) is 8.29. The zero-order valence-corrected chi connectivity index (χ0v) is 18.8. The van der Waals surface area contributed by atoms with Crippen LogP contribution in [0.25, 0.3) is 0 Å². The van der Waals surface area contributed by atoms with E-state index in [1.807, 2.05) is 42.5 Å². The van der Waals surface area contributed by atoms with Gasteiger partial charge in [-0.15, -0.1) is 0 Å². The molecule has 0 radical (unpaired) electrons. The molecular weight excluding hydrogens is 414 g/mol. The summed E-state index contributed by atoms with van der Waals surface area (Å²) in [6.45, 7) is 3.86. The van der Waals surface area contributed by atoms with Crippen molar-refractivity contribution in [3.63, 3.8) is 0 Å². The quantitative estimate of drug-likeness (QED) is 0.392. The van der Waals surface area contributed by atoms with Crippen LogP contribution in [0.1, 0.15) is 47.3 Å². The van der Waals surface area contributed by atoms with Crippen molar-refractivity contribution in [3.8, 4) is 11.5 Å². The van der Waals surface area contributed by atoms with Crippen LogP contribution >= 0.6 is 0 Å². The number of benzene rings is 3. The molecule has 3 aromatic carbocycles. The summed E-state index contributed by atoms with van der Waals surface area (Å²) in [5.41, 5.74) is 3.41. The van der Waals surface area contributed by atoms with Gasteiger partial charge >= 0.3 is 0 Å². The first-order valence-electron chi connectivity index (χ1n) is 11.2. The van der Waals surface area contributed by atoms with Crippen molar-refractivity contribution in [3.05, 3.63) is 107 Å². The Kier molecular flexibility index (Phi) is 6.09. The smallest absolute Gasteiger partial charge is 0.240 e. The van der Waals surface area contributed by atoms with Gasteiger partial charge in [-0.1, -0.05) is 71.9 Å². The number of hydrogen-bond acceptors (Lipinski definition) is 6. The minimum absolute atomic E-state index is 0.0783. The molecule has 1 atom stereocenters. The van der Waals surface area contributed by atoms with Gasteiger partial charge in [0, 0.05) is 6.04 Å². The molecule has 0 spiro atoms. The topological polar surface area (TPSA) is 60.6 Å². The largest absolute Gasteiger partial charge is 0.486 e. The Labute approximate surface area is 193 Å². The summed E-state index contributed by atoms with van der Waals surface area (Å²) >= 11 is 0. The van der Waals surface area contributed by atoms with Gasteiger partial charge in [-0.2, -0.15) is 4.98 Å². The zero-order valence-electron chi connectivity index (χ0n) is 18.8. The van der Waals surface area contributed by atoms with E-state index < -0.39 is 0 Å². The number of aromatic nitrogens is 2. The van der Waals surface area contributed by atoms with Crippen LogP contribution in [-0.4, -0.2) is 35.3 Å². The number of ether oxygens (including phenoxy) is 2. The second kappa shape index (κ2) is 9.46. The van der Waals surface area contributed by atoms with Gasteiger partial charge in [-0.25, -0.2) is 0 Å². The molecule has 6 nitrogen and oxygen atoms in total. The van der Waals surface area contributed by atoms with Gasteiger partial charge in [0.15, 0.2) is 17.3 Å². The van der Waals surface area contributed by atoms with Crippen molar-refractivity contribution in [1.82, 2.24) is 15.0 Å². The average molecular weight is 442 g/mol. The van der Waals surface area contributed by atoms with Crippen LogP contribution in [0, 0.1) is 0 Å². The molecule has 1 aliphatic heterocycles. The summed E-state index contributed by atoms with van der Waals surface area (Å²) in [6, 6.07) is 26.8. The third-order valence-corrected chi connectivity index (χ3v) is 6.10. The molecule has 0 saturated heterocycles. The van der Waals surface area contributed by atoms with E-state index in [4.69, 9.17) is 19.0 Å². The predicted molar refractivity (Wildman–Crippen MR) is 125 cm³/mol. The zero-order chi connectivity index (χ0) is 22.6. The van der Waals surface area contributed by atoms with E-state index >= 15 is 0 Å². The van der Waals surface area contributed by atoms with Crippen molar-refractivity contribution in [2.45, 2.75) is 25.4 Å². The van der Waals surface area contributed by atoms with Crippen LogP contribution in [0.4, 0.5) is 0 Å². The summed E-state index contributed by atoms with van der Waals surface area (Å²) < 4.78 is 17.1. The summed E-state index contributed by atoms with van der Waals surface area (Å²) in [5, 5.41) is 4.36. The van der Waals surface area contributed by atoms with Crippen molar-refractivity contribution >= 4 is 0 Å². The molecule has 2 heterocycles. The Balaban J connectivity index is 1.35. The van der Waals surface area contributed by atoms with Gasteiger partial charge in [-0.3, -0.25) is 4.90 Å². The highest BCUT2D eigenvalue weighted by Crippen LogP contribution is 2.34. The van der Waals surface area contributed by atoms with Crippen LogP contribution in [0.3, 0.4) is 0 Å². The molecule has 6 heteroatoms. The van der Waals surface area contributed by atoms with Gasteiger partial charge in [0.2, 0.25) is 5.89 Å². The molecule has 1 aromatic heterocycles. The lowest BCUT2D eigenvalue weighted by molar-refractivity contribution is 0.170. The molecule has 0 N–H and O–H groups in total. The first-order chi connectivity index (χ1) is 16.2. The van der Waals surface area contributed by atoms with Crippen LogP contribution < -0.4 is 9.47 Å². The van der Waals surface area contributed by atoms with E-state index in [0.29, 0.717) is 31.5 Å². The van der Waals surface area contributed by atoms with E-state index in [9.17, 15) is 0 Å². The van der Waals surface area contributed by atoms with E-state index in [-0.39, 0.29) is 12.0 Å². The maximum Gasteiger partial charge on any atom is 0.240 e. The van der Waals surface area contributed by atoms with Gasteiger partial charge in [-0.05, 0) is 42.8 Å². The van der Waals surface area contributed by atoms with E-state index in [1.165, 1.54) is 0 Å². The summed E-state index contributed by atoms with van der Waals surface area (Å²) in [5.74, 6) is 2.78. The third-order valence-electron chi connectivity index (χ3n) is 6.10. The number of rotatable bonds is 7. The average Bonchev–Trinajstić information content (AvgIpc) is 3.32. The van der Waals surface area contributed by atoms with Gasteiger partial charge in [0.25, 0.3) is 0 Å². The van der Waals surface area contributed by atoms with Crippen LogP contribution in [0.2, 0.25) is 0 Å². The lowest BCUT2D eigenvalue weighted by atomic mass is 9.91. The third kappa shape index (κ3) is 4.61. The van der Waals surface area contributed by atoms with Crippen LogP contribution in [-0.2, 0) is 6.54 Å². The summed E-state index contributed by atoms with van der Waals surface area (Å²) in [6.07, 6.45) is 0. The molecule has 168 valence electrons. The number of nitrogens with zero attached hydrogens (tertiary/aromatic N) is 3. The highest BCUT2D eigenvalue weighted by Gasteiger charge is 2.24. The highest BCUT2D eigenvalue weighted by molar-refractivity contribution is 5.44. The van der Waals surface area contributed by atoms with E-state index in [0.717, 1.165) is 28.2 Å². The number of hydrogen-bond donors (Lipinski definition) is 0. The summed E-state index contributed by atoms with van der Waals surface area (Å²) in [7, 11) is 2.05. The molecule has 0 aliphatic carbocycles. The normalized spacial score (nSPS) is 13.9. The first-order valence-corrected chi connectivity index (χ1v) is 11.2. The molecule has 0 fully saturated rings. The fourth-order valence-corrected chi connectivity index (χ4v) is 4.16. The highest BCUT2D eigenvalue weighted by atomic mass is 16.6. The molecule has 5 rings (SSSR count). The van der Waals surface area contributed by atoms with Crippen molar-refractivity contribution < 1.29 is 14.0 Å². The molecular formula is C27H27N3O3. The Hall–Kier alpha value is -3.64. The SMILES string of the molecule is C[C@@H](c1ccc2c(c1)OCCO2)N(C)Cc1nc(C(c2ccccc2)c2ccccc2)no1. The minimum atomic E-state index is -0.0783. The van der Waals surface area contributed by atoms with Crippen molar-refractivity contribution in [1.29, 1.82) is 0 Å². The molecule has 33 heavy (non-hydrogen) atoms. The Bertz CT molecular complexity index is 1150. The molecule has 0 unspecified atom stereocenters. The first kappa shape index (κ1) is 21.2. The molecule has 0 saturated carbocycles. The van der Waals surface area contributed by atoms with E-state index in [2.05, 4.69) is 60.4 Å². The lowest BCUT2D eigenvalue weighted by Gasteiger charge is -2.25. The van der Waals surface area contributed by atoms with Crippen LogP contribution in [0.5, 0.6) is 11.5 Å². The van der Waals surface area contributed by atoms with Gasteiger partial charge < -0.3 is 14.0 Å². The van der Waals surface area contributed by atoms with Gasteiger partial charge in [0.1, 0.15) is 13.2 Å². The summed E-state index contributed by atoms with van der Waals surface area (Å²) in [4.78, 5) is 6.97. The fraction of sp³-hybridized carbons (Fsp3) is 0.259. The Morgan fingerprint density at radius 3 is 2.12 bits per heavy atom. The maximum atomic E-state index is 5.74. The van der Waals surface area contributed by atoms with Crippen molar-refractivity contribution in [2.75, 3.05) is 20.3 Å². The molecule has 0 amide bonds. The Morgan fingerprint density at radius 2 is 1.45 bits per heavy atom. The van der Waals surface area contributed by atoms with E-state index in [1.54, 1.807) is 0 Å². The standard InChI is InChI=1S/C27H27N3O3/c1-19(22-13-14-23-24(17-22)32-16-15-31-23)30(2)18-25-28-27(29-33-25)26(20-9-5-3-6-10-20)21-11-7-4-8-12-21/h3-14,17,19,26H,15-16,18H2,1-2H3/t19-/m0/s1. The Morgan fingerprint density at radius 1 is 0.818 bits per heavy atom. The monoisotopic (exact) mass is 441 g/mol. The molecule has 4 aromatic rings. The van der Waals surface area contributed by atoms with Crippen molar-refractivity contribution in [2.24, 2.45) is 0 Å². The minimum Gasteiger partial charge on any atom is -0.486 e. The second-order valence-corrected chi connectivity index (χ2v) is 8.29. The predicted octanol–water partition coefficient (Wildman–Crippen LogP) is 5.21. The van der Waals surface area contributed by atoms with Crippen LogP contribution in [0.15, 0.2) is 83.4 Å². The maximum absolute atomic E-state index is 5.74. The fourth-order valence-electron chi connectivity index (χ4n) is 4.16. The lowest BCUT2D eigenvalue weighted by Crippen LogP contribution is -2.22. The molecule has 0 bridgehead atoms.